The van der Waals surface area contributed by atoms with Gasteiger partial charge in [0.2, 0.25) is 0 Å². The van der Waals surface area contributed by atoms with Gasteiger partial charge in [-0.25, -0.2) is 0 Å². The Labute approximate surface area is 115 Å². The average molecular weight is 261 g/mol. The normalized spacial score (nSPS) is 16.7. The quantitative estimate of drug-likeness (QED) is 0.885. The van der Waals surface area contributed by atoms with E-state index < -0.39 is 0 Å². The predicted octanol–water partition coefficient (Wildman–Crippen LogP) is 2.83. The zero-order chi connectivity index (χ0) is 13.7. The first kappa shape index (κ1) is 14.0. The van der Waals surface area contributed by atoms with Crippen molar-refractivity contribution >= 4 is 0 Å². The van der Waals surface area contributed by atoms with Crippen LogP contribution < -0.4 is 5.32 Å². The Morgan fingerprint density at radius 2 is 2.21 bits per heavy atom. The molecule has 1 aliphatic heterocycles. The van der Waals surface area contributed by atoms with Gasteiger partial charge in [-0.2, -0.15) is 10.2 Å². The van der Waals surface area contributed by atoms with Gasteiger partial charge in [-0.3, -0.25) is 0 Å². The van der Waals surface area contributed by atoms with Gasteiger partial charge in [0.05, 0.1) is 30.3 Å². The van der Waals surface area contributed by atoms with Gasteiger partial charge in [-0.15, -0.1) is 0 Å². The molecule has 0 spiro atoms. The number of aryl methyl sites for hydroxylation is 2. The molecule has 104 valence electrons. The first-order chi connectivity index (χ1) is 9.22. The van der Waals surface area contributed by atoms with Crippen LogP contribution in [0, 0.1) is 13.8 Å². The number of hydrogen-bond acceptors (Lipinski definition) is 4. The predicted molar refractivity (Wildman–Crippen MR) is 75.8 cm³/mol. The van der Waals surface area contributed by atoms with Crippen molar-refractivity contribution in [3.63, 3.8) is 0 Å². The number of nitrogens with zero attached hydrogens (tertiary/aromatic N) is 2. The van der Waals surface area contributed by atoms with Crippen LogP contribution in [0.15, 0.2) is 17.9 Å². The number of hydrogen-bond donors (Lipinski definition) is 1. The number of aromatic nitrogens is 2. The molecule has 0 aliphatic carbocycles. The molecule has 0 saturated carbocycles. The summed E-state index contributed by atoms with van der Waals surface area (Å²) in [6, 6.07) is 2.33. The summed E-state index contributed by atoms with van der Waals surface area (Å²) in [4.78, 5) is 0. The molecule has 0 fully saturated rings. The minimum Gasteiger partial charge on any atom is -0.501 e. The van der Waals surface area contributed by atoms with Crippen molar-refractivity contribution in [2.24, 2.45) is 0 Å². The first-order valence-electron chi connectivity index (χ1n) is 7.07. The molecule has 0 aromatic carbocycles. The average Bonchev–Trinajstić information content (AvgIpc) is 2.44. The lowest BCUT2D eigenvalue weighted by atomic mass is 9.94. The zero-order valence-corrected chi connectivity index (χ0v) is 12.1. The summed E-state index contributed by atoms with van der Waals surface area (Å²) >= 11 is 0. The van der Waals surface area contributed by atoms with E-state index in [0.717, 1.165) is 43.8 Å². The smallest absolute Gasteiger partial charge is 0.0876 e. The molecule has 0 bridgehead atoms. The van der Waals surface area contributed by atoms with E-state index in [4.69, 9.17) is 4.74 Å². The van der Waals surface area contributed by atoms with Gasteiger partial charge in [-0.05, 0) is 56.9 Å². The molecule has 1 N–H and O–H groups in total. The molecule has 0 saturated heterocycles. The van der Waals surface area contributed by atoms with Gasteiger partial charge in [0, 0.05) is 0 Å². The van der Waals surface area contributed by atoms with Crippen LogP contribution in [0.3, 0.4) is 0 Å². The third kappa shape index (κ3) is 3.53. The maximum atomic E-state index is 5.50. The Morgan fingerprint density at radius 1 is 1.37 bits per heavy atom. The highest BCUT2D eigenvalue weighted by Gasteiger charge is 2.21. The Morgan fingerprint density at radius 3 is 2.89 bits per heavy atom. The van der Waals surface area contributed by atoms with E-state index in [1.54, 1.807) is 0 Å². The molecule has 1 aromatic rings. The van der Waals surface area contributed by atoms with Crippen molar-refractivity contribution in [1.82, 2.24) is 15.5 Å². The molecular weight excluding hydrogens is 238 g/mol. The topological polar surface area (TPSA) is 47.0 Å². The molecule has 1 unspecified atom stereocenters. The molecule has 2 heterocycles. The van der Waals surface area contributed by atoms with E-state index >= 15 is 0 Å². The SMILES string of the molecule is CCCNC(C1=COCCC1)c1cc(C)nnc1C. The lowest BCUT2D eigenvalue weighted by Crippen LogP contribution is -2.26. The van der Waals surface area contributed by atoms with Gasteiger partial charge < -0.3 is 10.1 Å². The molecule has 2 rings (SSSR count). The van der Waals surface area contributed by atoms with Crippen LogP contribution in [0.5, 0.6) is 0 Å². The second-order valence-corrected chi connectivity index (χ2v) is 5.08. The van der Waals surface area contributed by atoms with Gasteiger partial charge in [-0.1, -0.05) is 6.92 Å². The second kappa shape index (κ2) is 6.66. The Bertz CT molecular complexity index is 457. The monoisotopic (exact) mass is 261 g/mol. The van der Waals surface area contributed by atoms with Crippen LogP contribution in [0.25, 0.3) is 0 Å². The van der Waals surface area contributed by atoms with Gasteiger partial charge in [0.15, 0.2) is 0 Å². The number of ether oxygens (including phenoxy) is 1. The van der Waals surface area contributed by atoms with Gasteiger partial charge in [0.1, 0.15) is 0 Å². The van der Waals surface area contributed by atoms with Gasteiger partial charge >= 0.3 is 0 Å². The summed E-state index contributed by atoms with van der Waals surface area (Å²) in [5.74, 6) is 0. The summed E-state index contributed by atoms with van der Waals surface area (Å²) in [7, 11) is 0. The summed E-state index contributed by atoms with van der Waals surface area (Å²) in [6.45, 7) is 8.00. The van der Waals surface area contributed by atoms with Gasteiger partial charge in [0.25, 0.3) is 0 Å². The summed E-state index contributed by atoms with van der Waals surface area (Å²) in [5, 5.41) is 12.0. The largest absolute Gasteiger partial charge is 0.501 e. The second-order valence-electron chi connectivity index (χ2n) is 5.08. The molecule has 0 radical (unpaired) electrons. The summed E-state index contributed by atoms with van der Waals surface area (Å²) < 4.78 is 5.50. The Hall–Kier alpha value is -1.42. The third-order valence-electron chi connectivity index (χ3n) is 3.38. The number of rotatable bonds is 5. The fraction of sp³-hybridized carbons (Fsp3) is 0.600. The van der Waals surface area contributed by atoms with Crippen LogP contribution >= 0.6 is 0 Å². The van der Waals surface area contributed by atoms with Crippen LogP contribution in [0.2, 0.25) is 0 Å². The van der Waals surface area contributed by atoms with E-state index in [-0.39, 0.29) is 6.04 Å². The summed E-state index contributed by atoms with van der Waals surface area (Å²) in [6.07, 6.45) is 5.21. The van der Waals surface area contributed by atoms with Crippen LogP contribution in [0.1, 0.15) is 49.2 Å². The lowest BCUT2D eigenvalue weighted by Gasteiger charge is -2.25. The first-order valence-corrected chi connectivity index (χ1v) is 7.07. The fourth-order valence-corrected chi connectivity index (χ4v) is 2.39. The molecule has 4 nitrogen and oxygen atoms in total. The van der Waals surface area contributed by atoms with Crippen molar-refractivity contribution < 1.29 is 4.74 Å². The van der Waals surface area contributed by atoms with E-state index in [2.05, 4.69) is 28.5 Å². The highest BCUT2D eigenvalue weighted by molar-refractivity contribution is 5.31. The molecule has 1 aliphatic rings. The van der Waals surface area contributed by atoms with E-state index in [9.17, 15) is 0 Å². The minimum absolute atomic E-state index is 0.203. The maximum Gasteiger partial charge on any atom is 0.0876 e. The van der Waals surface area contributed by atoms with Crippen molar-refractivity contribution in [2.75, 3.05) is 13.2 Å². The molecule has 4 heteroatoms. The molecular formula is C15H23N3O. The minimum atomic E-state index is 0.203. The van der Waals surface area contributed by atoms with Crippen LogP contribution in [-0.2, 0) is 4.74 Å². The van der Waals surface area contributed by atoms with Crippen molar-refractivity contribution in [2.45, 2.75) is 46.1 Å². The third-order valence-corrected chi connectivity index (χ3v) is 3.38. The van der Waals surface area contributed by atoms with Crippen LogP contribution in [0.4, 0.5) is 0 Å². The standard InChI is InChI=1S/C15H23N3O/c1-4-7-16-15(13-6-5-8-19-10-13)14-9-11(2)17-18-12(14)3/h9-10,15-16H,4-8H2,1-3H3. The molecule has 19 heavy (non-hydrogen) atoms. The van der Waals surface area contributed by atoms with Crippen LogP contribution in [-0.4, -0.2) is 23.3 Å². The van der Waals surface area contributed by atoms with E-state index in [0.29, 0.717) is 0 Å². The van der Waals surface area contributed by atoms with Crippen molar-refractivity contribution in [3.05, 3.63) is 34.9 Å². The lowest BCUT2D eigenvalue weighted by molar-refractivity contribution is 0.219. The van der Waals surface area contributed by atoms with E-state index in [1.807, 2.05) is 20.1 Å². The molecule has 1 atom stereocenters. The van der Waals surface area contributed by atoms with E-state index in [1.165, 1.54) is 11.1 Å². The summed E-state index contributed by atoms with van der Waals surface area (Å²) in [5.41, 5.74) is 4.49. The fourth-order valence-electron chi connectivity index (χ4n) is 2.39. The maximum absolute atomic E-state index is 5.50. The molecule has 1 aromatic heterocycles. The van der Waals surface area contributed by atoms with Crippen molar-refractivity contribution in [1.29, 1.82) is 0 Å². The Balaban J connectivity index is 2.30. The highest BCUT2D eigenvalue weighted by Crippen LogP contribution is 2.29. The number of nitrogens with one attached hydrogen (secondary N) is 1. The molecule has 0 amide bonds. The zero-order valence-electron chi connectivity index (χ0n) is 12.1. The highest BCUT2D eigenvalue weighted by atomic mass is 16.5. The Kier molecular flexibility index (Phi) is 4.91. The van der Waals surface area contributed by atoms with Crippen molar-refractivity contribution in [3.8, 4) is 0 Å².